The van der Waals surface area contributed by atoms with Crippen LogP contribution in [0.1, 0.15) is 17.7 Å². The normalized spacial score (nSPS) is 20.4. The summed E-state index contributed by atoms with van der Waals surface area (Å²) in [5.74, 6) is 2.10. The highest BCUT2D eigenvalue weighted by molar-refractivity contribution is 7.91. The van der Waals surface area contributed by atoms with Gasteiger partial charge in [0.15, 0.2) is 9.84 Å². The van der Waals surface area contributed by atoms with Gasteiger partial charge < -0.3 is 13.9 Å². The number of ether oxygens (including phenoxy) is 2. The molecule has 3 aromatic rings. The van der Waals surface area contributed by atoms with Crippen molar-refractivity contribution in [3.05, 3.63) is 57.9 Å². The van der Waals surface area contributed by atoms with Crippen molar-refractivity contribution in [2.45, 2.75) is 25.9 Å². The second-order valence-electron chi connectivity index (χ2n) is 8.06. The first-order valence-corrected chi connectivity index (χ1v) is 12.0. The number of fused-ring (bicyclic) bond motifs is 3. The summed E-state index contributed by atoms with van der Waals surface area (Å²) in [6, 6.07) is 10.8. The molecule has 0 saturated carbocycles. The first kappa shape index (κ1) is 20.1. The van der Waals surface area contributed by atoms with E-state index in [1.807, 2.05) is 29.2 Å². The number of hydrogen-bond acceptors (Lipinski definition) is 7. The zero-order chi connectivity index (χ0) is 21.8. The van der Waals surface area contributed by atoms with Gasteiger partial charge in [-0.3, -0.25) is 9.69 Å². The van der Waals surface area contributed by atoms with E-state index in [1.165, 1.54) is 0 Å². The molecule has 1 fully saturated rings. The van der Waals surface area contributed by atoms with Gasteiger partial charge in [0.1, 0.15) is 29.6 Å². The molecule has 5 rings (SSSR count). The minimum absolute atomic E-state index is 0.0888. The quantitative estimate of drug-likeness (QED) is 0.617. The number of rotatable bonds is 3. The van der Waals surface area contributed by atoms with Crippen LogP contribution in [0.2, 0.25) is 0 Å². The number of benzene rings is 2. The molecule has 2 aliphatic rings. The molecule has 1 atom stereocenters. The van der Waals surface area contributed by atoms with Gasteiger partial charge in [-0.05, 0) is 31.5 Å². The zero-order valence-corrected chi connectivity index (χ0v) is 18.2. The molecule has 2 aliphatic heterocycles. The van der Waals surface area contributed by atoms with Gasteiger partial charge in [0, 0.05) is 18.2 Å². The molecule has 0 N–H and O–H groups in total. The number of methoxy groups -OCH3 is 1. The molecule has 1 aromatic heterocycles. The Hall–Kier alpha value is -2.84. The van der Waals surface area contributed by atoms with E-state index in [1.54, 1.807) is 26.2 Å². The van der Waals surface area contributed by atoms with E-state index in [0.717, 1.165) is 5.56 Å². The topological polar surface area (TPSA) is 86.1 Å². The molecule has 8 heteroatoms. The third-order valence-corrected chi connectivity index (χ3v) is 7.89. The monoisotopic (exact) mass is 441 g/mol. The molecule has 0 unspecified atom stereocenters. The van der Waals surface area contributed by atoms with Crippen LogP contribution in [0.25, 0.3) is 22.1 Å². The zero-order valence-electron chi connectivity index (χ0n) is 17.4. The molecular weight excluding hydrogens is 418 g/mol. The summed E-state index contributed by atoms with van der Waals surface area (Å²) in [6.45, 7) is 2.57. The van der Waals surface area contributed by atoms with Crippen molar-refractivity contribution in [1.29, 1.82) is 0 Å². The highest BCUT2D eigenvalue weighted by Crippen LogP contribution is 2.37. The van der Waals surface area contributed by atoms with E-state index >= 15 is 0 Å². The molecule has 7 nitrogen and oxygen atoms in total. The van der Waals surface area contributed by atoms with Crippen molar-refractivity contribution in [3.63, 3.8) is 0 Å². The van der Waals surface area contributed by atoms with E-state index in [2.05, 4.69) is 0 Å². The second-order valence-corrected chi connectivity index (χ2v) is 10.3. The molecule has 2 aromatic carbocycles. The van der Waals surface area contributed by atoms with Gasteiger partial charge in [-0.15, -0.1) is 0 Å². The molecule has 0 radical (unpaired) electrons. The fraction of sp³-hybridized carbons (Fsp3) is 0.348. The summed E-state index contributed by atoms with van der Waals surface area (Å²) < 4.78 is 41.4. The fourth-order valence-electron chi connectivity index (χ4n) is 4.55. The molecule has 0 spiro atoms. The highest BCUT2D eigenvalue weighted by Gasteiger charge is 2.35. The Labute approximate surface area is 180 Å². The predicted molar refractivity (Wildman–Crippen MR) is 117 cm³/mol. The summed E-state index contributed by atoms with van der Waals surface area (Å²) in [5, 5.41) is 0.467. The third-order valence-electron chi connectivity index (χ3n) is 6.14. The number of nitrogens with zero attached hydrogens (tertiary/aromatic N) is 1. The lowest BCUT2D eigenvalue weighted by atomic mass is 9.99. The van der Waals surface area contributed by atoms with Gasteiger partial charge >= 0.3 is 0 Å². The van der Waals surface area contributed by atoms with Crippen molar-refractivity contribution < 1.29 is 22.3 Å². The van der Waals surface area contributed by atoms with Crippen LogP contribution in [-0.2, 0) is 16.4 Å². The number of sulfone groups is 1. The Bertz CT molecular complexity index is 1340. The predicted octanol–water partition coefficient (Wildman–Crippen LogP) is 3.12. The van der Waals surface area contributed by atoms with E-state index in [9.17, 15) is 13.2 Å². The van der Waals surface area contributed by atoms with Gasteiger partial charge in [0.05, 0.1) is 35.1 Å². The van der Waals surface area contributed by atoms with Crippen LogP contribution in [0.5, 0.6) is 11.5 Å². The van der Waals surface area contributed by atoms with Crippen molar-refractivity contribution in [1.82, 2.24) is 4.90 Å². The van der Waals surface area contributed by atoms with Crippen LogP contribution < -0.4 is 14.9 Å². The molecule has 0 amide bonds. The van der Waals surface area contributed by atoms with Crippen LogP contribution in [0.15, 0.2) is 45.6 Å². The molecular formula is C23H23NO6S. The third kappa shape index (κ3) is 3.40. The summed E-state index contributed by atoms with van der Waals surface area (Å²) >= 11 is 0. The van der Waals surface area contributed by atoms with Crippen LogP contribution in [0, 0.1) is 6.92 Å². The largest absolute Gasteiger partial charge is 0.496 e. The van der Waals surface area contributed by atoms with Gasteiger partial charge in [-0.25, -0.2) is 8.42 Å². The van der Waals surface area contributed by atoms with E-state index in [4.69, 9.17) is 13.9 Å². The highest BCUT2D eigenvalue weighted by atomic mass is 32.2. The Morgan fingerprint density at radius 2 is 1.97 bits per heavy atom. The van der Waals surface area contributed by atoms with E-state index in [-0.39, 0.29) is 23.0 Å². The summed E-state index contributed by atoms with van der Waals surface area (Å²) in [7, 11) is -1.43. The Balaban J connectivity index is 1.62. The van der Waals surface area contributed by atoms with Crippen LogP contribution >= 0.6 is 0 Å². The van der Waals surface area contributed by atoms with Crippen LogP contribution in [-0.4, -0.2) is 44.7 Å². The average Bonchev–Trinajstić information content (AvgIpc) is 3.13. The van der Waals surface area contributed by atoms with Gasteiger partial charge in [-0.2, -0.15) is 0 Å². The van der Waals surface area contributed by atoms with Crippen molar-refractivity contribution >= 4 is 20.8 Å². The van der Waals surface area contributed by atoms with Crippen molar-refractivity contribution in [3.8, 4) is 22.6 Å². The summed E-state index contributed by atoms with van der Waals surface area (Å²) in [4.78, 5) is 15.5. The molecule has 1 saturated heterocycles. The van der Waals surface area contributed by atoms with Crippen molar-refractivity contribution in [2.75, 3.05) is 25.3 Å². The lowest BCUT2D eigenvalue weighted by Gasteiger charge is -2.33. The minimum atomic E-state index is -3.00. The van der Waals surface area contributed by atoms with Gasteiger partial charge in [0.2, 0.25) is 5.43 Å². The van der Waals surface area contributed by atoms with Crippen LogP contribution in [0.4, 0.5) is 0 Å². The van der Waals surface area contributed by atoms with Crippen molar-refractivity contribution in [2.24, 2.45) is 0 Å². The van der Waals surface area contributed by atoms with Crippen LogP contribution in [0.3, 0.4) is 0 Å². The number of para-hydroxylation sites is 1. The second kappa shape index (κ2) is 7.39. The van der Waals surface area contributed by atoms with Gasteiger partial charge in [-0.1, -0.05) is 18.2 Å². The lowest BCUT2D eigenvalue weighted by Crippen LogP contribution is -2.41. The first-order valence-electron chi connectivity index (χ1n) is 10.2. The molecule has 31 heavy (non-hydrogen) atoms. The maximum atomic E-state index is 13.5. The maximum absolute atomic E-state index is 13.5. The summed E-state index contributed by atoms with van der Waals surface area (Å²) in [6.07, 6.45) is 0.590. The molecule has 0 aliphatic carbocycles. The molecule has 162 valence electrons. The smallest absolute Gasteiger partial charge is 0.200 e. The molecule has 0 bridgehead atoms. The fourth-order valence-corrected chi connectivity index (χ4v) is 6.31. The Morgan fingerprint density at radius 3 is 2.71 bits per heavy atom. The summed E-state index contributed by atoms with van der Waals surface area (Å²) in [5.41, 5.74) is 2.29. The number of aryl methyl sites for hydroxylation is 1. The molecule has 3 heterocycles. The maximum Gasteiger partial charge on any atom is 0.200 e. The van der Waals surface area contributed by atoms with E-state index < -0.39 is 9.84 Å². The van der Waals surface area contributed by atoms with E-state index in [0.29, 0.717) is 59.1 Å². The average molecular weight is 442 g/mol. The lowest BCUT2D eigenvalue weighted by molar-refractivity contribution is 0.0649. The number of hydrogen-bond donors (Lipinski definition) is 0. The minimum Gasteiger partial charge on any atom is -0.496 e. The standard InChI is InChI=1S/C23H23NO6S/c1-14-21(16-5-3-4-6-19(16)28-2)22(25)17-7-8-20-18(23(17)30-14)11-24(13-29-20)15-9-10-31(26,27)12-15/h3-8,15H,9-13H2,1-2H3/t15-/m1/s1. The first-order chi connectivity index (χ1) is 14.9. The Morgan fingerprint density at radius 1 is 1.16 bits per heavy atom. The van der Waals surface area contributed by atoms with Gasteiger partial charge in [0.25, 0.3) is 0 Å². The SMILES string of the molecule is COc1ccccc1-c1c(C)oc2c3c(ccc2c1=O)OCN([C@@H]1CCS(=O)(=O)C1)C3. The Kier molecular flexibility index (Phi) is 4.79.